The molecule has 0 saturated heterocycles. The average Bonchev–Trinajstić information content (AvgIpc) is 3.25. The summed E-state index contributed by atoms with van der Waals surface area (Å²) < 4.78 is 6.98. The molecule has 5 rings (SSSR count). The van der Waals surface area contributed by atoms with E-state index in [1.54, 1.807) is 6.07 Å². The van der Waals surface area contributed by atoms with Gasteiger partial charge in [-0.25, -0.2) is 0 Å². The third-order valence-corrected chi connectivity index (χ3v) is 5.05. The molecule has 0 aliphatic rings. The predicted octanol–water partition coefficient (Wildman–Crippen LogP) is 4.72. The molecular weight excluding hydrogens is 376 g/mol. The minimum atomic E-state index is -0.193. The molecule has 3 aromatic carbocycles. The Labute approximate surface area is 172 Å². The molecule has 2 heterocycles. The summed E-state index contributed by atoms with van der Waals surface area (Å²) in [4.78, 5) is 17.7. The van der Waals surface area contributed by atoms with Gasteiger partial charge in [-0.05, 0) is 37.6 Å². The maximum absolute atomic E-state index is 13.2. The Morgan fingerprint density at radius 1 is 0.867 bits per heavy atom. The molecule has 0 spiro atoms. The van der Waals surface area contributed by atoms with Crippen molar-refractivity contribution in [3.8, 4) is 28.7 Å². The van der Waals surface area contributed by atoms with Crippen molar-refractivity contribution in [3.63, 3.8) is 0 Å². The van der Waals surface area contributed by atoms with Gasteiger partial charge in [-0.2, -0.15) is 14.8 Å². The number of benzene rings is 3. The molecule has 0 aliphatic heterocycles. The molecule has 0 fully saturated rings. The van der Waals surface area contributed by atoms with Crippen molar-refractivity contribution >= 4 is 10.8 Å². The van der Waals surface area contributed by atoms with Crippen LogP contribution in [0, 0.1) is 13.8 Å². The number of fused-ring (bicyclic) bond motifs is 1. The summed E-state index contributed by atoms with van der Waals surface area (Å²) >= 11 is 0. The molecule has 0 saturated carbocycles. The van der Waals surface area contributed by atoms with Gasteiger partial charge in [-0.1, -0.05) is 65.3 Å². The van der Waals surface area contributed by atoms with Crippen molar-refractivity contribution in [2.75, 3.05) is 0 Å². The van der Waals surface area contributed by atoms with Crippen LogP contribution in [0.15, 0.2) is 82.1 Å². The lowest BCUT2D eigenvalue weighted by Gasteiger charge is -2.11. The second kappa shape index (κ2) is 7.08. The van der Waals surface area contributed by atoms with E-state index in [0.717, 1.165) is 16.7 Å². The van der Waals surface area contributed by atoms with Gasteiger partial charge in [0.2, 0.25) is 5.82 Å². The zero-order chi connectivity index (χ0) is 20.7. The zero-order valence-corrected chi connectivity index (χ0v) is 16.5. The van der Waals surface area contributed by atoms with Crippen LogP contribution in [0.3, 0.4) is 0 Å². The summed E-state index contributed by atoms with van der Waals surface area (Å²) in [5.41, 5.74) is 3.91. The van der Waals surface area contributed by atoms with Crippen LogP contribution in [0.5, 0.6) is 0 Å². The maximum atomic E-state index is 13.2. The summed E-state index contributed by atoms with van der Waals surface area (Å²) in [5, 5.41) is 9.99. The van der Waals surface area contributed by atoms with Crippen LogP contribution in [0.25, 0.3) is 39.4 Å². The second-order valence-electron chi connectivity index (χ2n) is 7.19. The number of nitrogens with zero attached hydrogens (tertiary/aromatic N) is 4. The Bertz CT molecular complexity index is 1450. The zero-order valence-electron chi connectivity index (χ0n) is 16.5. The SMILES string of the molecule is Cc1cccc(-c2noc(-c3nn(-c4ccccc4C)c(=O)c4ccccc34)n2)c1. The quantitative estimate of drug-likeness (QED) is 0.443. The van der Waals surface area contributed by atoms with Crippen molar-refractivity contribution in [1.29, 1.82) is 0 Å². The normalized spacial score (nSPS) is 11.1. The summed E-state index contributed by atoms with van der Waals surface area (Å²) in [6.45, 7) is 3.96. The Hall–Kier alpha value is -4.06. The van der Waals surface area contributed by atoms with Gasteiger partial charge >= 0.3 is 0 Å². The monoisotopic (exact) mass is 394 g/mol. The van der Waals surface area contributed by atoms with Crippen LogP contribution < -0.4 is 5.56 Å². The van der Waals surface area contributed by atoms with E-state index in [0.29, 0.717) is 28.0 Å². The molecule has 2 aromatic heterocycles. The van der Waals surface area contributed by atoms with E-state index in [2.05, 4.69) is 15.2 Å². The van der Waals surface area contributed by atoms with Crippen LogP contribution >= 0.6 is 0 Å². The van der Waals surface area contributed by atoms with Gasteiger partial charge in [0.1, 0.15) is 0 Å². The van der Waals surface area contributed by atoms with Gasteiger partial charge < -0.3 is 4.52 Å². The Kier molecular flexibility index (Phi) is 4.25. The Balaban J connectivity index is 1.75. The van der Waals surface area contributed by atoms with Crippen LogP contribution in [-0.4, -0.2) is 19.9 Å². The summed E-state index contributed by atoms with van der Waals surface area (Å²) in [5.74, 6) is 0.748. The van der Waals surface area contributed by atoms with Crippen molar-refractivity contribution in [2.24, 2.45) is 0 Å². The van der Waals surface area contributed by atoms with E-state index in [1.807, 2.05) is 80.6 Å². The van der Waals surface area contributed by atoms with Crippen molar-refractivity contribution in [2.45, 2.75) is 13.8 Å². The molecule has 5 aromatic rings. The fourth-order valence-corrected chi connectivity index (χ4v) is 3.53. The summed E-state index contributed by atoms with van der Waals surface area (Å²) in [6.07, 6.45) is 0. The number of para-hydroxylation sites is 1. The molecule has 30 heavy (non-hydrogen) atoms. The number of hydrogen-bond donors (Lipinski definition) is 0. The van der Waals surface area contributed by atoms with Gasteiger partial charge in [-0.3, -0.25) is 4.79 Å². The number of hydrogen-bond acceptors (Lipinski definition) is 5. The second-order valence-corrected chi connectivity index (χ2v) is 7.19. The fraction of sp³-hybridized carbons (Fsp3) is 0.0833. The highest BCUT2D eigenvalue weighted by atomic mass is 16.5. The topological polar surface area (TPSA) is 73.8 Å². The number of aryl methyl sites for hydroxylation is 2. The lowest BCUT2D eigenvalue weighted by Crippen LogP contribution is -2.23. The molecule has 0 radical (unpaired) electrons. The highest BCUT2D eigenvalue weighted by Crippen LogP contribution is 2.27. The van der Waals surface area contributed by atoms with E-state index in [1.165, 1.54) is 4.68 Å². The van der Waals surface area contributed by atoms with E-state index in [9.17, 15) is 4.79 Å². The van der Waals surface area contributed by atoms with Gasteiger partial charge in [0.15, 0.2) is 5.69 Å². The third kappa shape index (κ3) is 2.99. The van der Waals surface area contributed by atoms with E-state index in [4.69, 9.17) is 4.52 Å². The fourth-order valence-electron chi connectivity index (χ4n) is 3.53. The molecule has 6 heteroatoms. The molecule has 0 aliphatic carbocycles. The molecule has 6 nitrogen and oxygen atoms in total. The Morgan fingerprint density at radius 3 is 2.43 bits per heavy atom. The lowest BCUT2D eigenvalue weighted by molar-refractivity contribution is 0.430. The van der Waals surface area contributed by atoms with Crippen LogP contribution in [0.2, 0.25) is 0 Å². The first-order valence-electron chi connectivity index (χ1n) is 9.61. The minimum absolute atomic E-state index is 0.193. The third-order valence-electron chi connectivity index (χ3n) is 5.05. The summed E-state index contributed by atoms with van der Waals surface area (Å²) in [7, 11) is 0. The molecule has 0 bridgehead atoms. The first kappa shape index (κ1) is 18.0. The largest absolute Gasteiger partial charge is 0.332 e. The average molecular weight is 394 g/mol. The molecular formula is C24H18N4O2. The smallest absolute Gasteiger partial charge is 0.279 e. The number of aromatic nitrogens is 4. The predicted molar refractivity (Wildman–Crippen MR) is 116 cm³/mol. The molecule has 0 amide bonds. The molecule has 0 N–H and O–H groups in total. The minimum Gasteiger partial charge on any atom is -0.332 e. The van der Waals surface area contributed by atoms with E-state index < -0.39 is 0 Å². The molecule has 0 unspecified atom stereocenters. The first-order valence-corrected chi connectivity index (χ1v) is 9.61. The lowest BCUT2D eigenvalue weighted by atomic mass is 10.1. The highest BCUT2D eigenvalue weighted by molar-refractivity contribution is 5.92. The van der Waals surface area contributed by atoms with Crippen molar-refractivity contribution in [1.82, 2.24) is 19.9 Å². The Morgan fingerprint density at radius 2 is 1.63 bits per heavy atom. The number of rotatable bonds is 3. The van der Waals surface area contributed by atoms with Gasteiger partial charge in [0, 0.05) is 10.9 Å². The molecule has 0 atom stereocenters. The van der Waals surface area contributed by atoms with E-state index in [-0.39, 0.29) is 11.4 Å². The first-order chi connectivity index (χ1) is 14.6. The van der Waals surface area contributed by atoms with Gasteiger partial charge in [0.05, 0.1) is 11.1 Å². The van der Waals surface area contributed by atoms with Crippen LogP contribution in [-0.2, 0) is 0 Å². The summed E-state index contributed by atoms with van der Waals surface area (Å²) in [6, 6.07) is 22.8. The highest BCUT2D eigenvalue weighted by Gasteiger charge is 2.19. The van der Waals surface area contributed by atoms with Gasteiger partial charge in [0.25, 0.3) is 11.4 Å². The van der Waals surface area contributed by atoms with E-state index >= 15 is 0 Å². The molecule has 146 valence electrons. The standard InChI is InChI=1S/C24H18N4O2/c1-15-8-7-10-17(14-15)22-25-23(30-27-22)21-18-11-4-5-12-19(18)24(29)28(26-21)20-13-6-3-9-16(20)2/h3-14H,1-2H3. The van der Waals surface area contributed by atoms with Crippen LogP contribution in [0.4, 0.5) is 0 Å². The maximum Gasteiger partial charge on any atom is 0.279 e. The van der Waals surface area contributed by atoms with Crippen LogP contribution in [0.1, 0.15) is 11.1 Å². The van der Waals surface area contributed by atoms with Crippen molar-refractivity contribution < 1.29 is 4.52 Å². The van der Waals surface area contributed by atoms with Gasteiger partial charge in [-0.15, -0.1) is 0 Å². The van der Waals surface area contributed by atoms with Crippen molar-refractivity contribution in [3.05, 3.63) is 94.3 Å².